The zero-order valence-corrected chi connectivity index (χ0v) is 9.49. The Morgan fingerprint density at radius 1 is 1.57 bits per heavy atom. The Morgan fingerprint density at radius 3 is 2.57 bits per heavy atom. The second kappa shape index (κ2) is 4.78. The van der Waals surface area contributed by atoms with Crippen LogP contribution in [0.5, 0.6) is 0 Å². The first kappa shape index (κ1) is 11.5. The number of hydrogen-bond acceptors (Lipinski definition) is 2. The highest BCUT2D eigenvalue weighted by Gasteiger charge is 2.33. The average molecular weight is 198 g/mol. The summed E-state index contributed by atoms with van der Waals surface area (Å²) in [4.78, 5) is 13.6. The topological polar surface area (TPSA) is 46.3 Å². The third-order valence-electron chi connectivity index (χ3n) is 3.18. The van der Waals surface area contributed by atoms with Crippen LogP contribution in [0.2, 0.25) is 0 Å². The predicted octanol–water partition coefficient (Wildman–Crippen LogP) is 1.37. The molecular formula is C11H22N2O. The molecule has 3 heteroatoms. The summed E-state index contributed by atoms with van der Waals surface area (Å²) in [5.41, 5.74) is 5.80. The largest absolute Gasteiger partial charge is 0.341 e. The first-order chi connectivity index (χ1) is 6.57. The number of nitrogens with zero attached hydrogens (tertiary/aromatic N) is 1. The summed E-state index contributed by atoms with van der Waals surface area (Å²) < 4.78 is 0. The molecule has 1 saturated carbocycles. The Balaban J connectivity index is 2.41. The monoisotopic (exact) mass is 198 g/mol. The van der Waals surface area contributed by atoms with Crippen molar-refractivity contribution in [1.29, 1.82) is 0 Å². The summed E-state index contributed by atoms with van der Waals surface area (Å²) in [5.74, 6) is 0.823. The first-order valence-electron chi connectivity index (χ1n) is 5.60. The summed E-state index contributed by atoms with van der Waals surface area (Å²) in [6.45, 7) is 4.17. The maximum Gasteiger partial charge on any atom is 0.239 e. The van der Waals surface area contributed by atoms with E-state index in [0.717, 1.165) is 18.8 Å². The smallest absolute Gasteiger partial charge is 0.239 e. The molecule has 2 N–H and O–H groups in total. The number of nitrogens with two attached hydrogens (primary N) is 1. The van der Waals surface area contributed by atoms with Crippen LogP contribution in [0.25, 0.3) is 0 Å². The maximum atomic E-state index is 11.8. The molecule has 1 rings (SSSR count). The summed E-state index contributed by atoms with van der Waals surface area (Å²) >= 11 is 0. The van der Waals surface area contributed by atoms with Crippen molar-refractivity contribution in [2.45, 2.75) is 51.6 Å². The Bertz CT molecular complexity index is 201. The van der Waals surface area contributed by atoms with Gasteiger partial charge < -0.3 is 10.6 Å². The van der Waals surface area contributed by atoms with Gasteiger partial charge in [-0.2, -0.15) is 0 Å². The van der Waals surface area contributed by atoms with Crippen molar-refractivity contribution in [3.05, 3.63) is 0 Å². The minimum atomic E-state index is -0.300. The van der Waals surface area contributed by atoms with Crippen LogP contribution in [0.3, 0.4) is 0 Å². The van der Waals surface area contributed by atoms with Crippen LogP contribution < -0.4 is 5.73 Å². The van der Waals surface area contributed by atoms with E-state index in [2.05, 4.69) is 13.8 Å². The molecule has 1 amide bonds. The fourth-order valence-corrected chi connectivity index (χ4v) is 1.79. The number of hydrogen-bond donors (Lipinski definition) is 1. The quantitative estimate of drug-likeness (QED) is 0.725. The molecule has 1 aliphatic rings. The Morgan fingerprint density at radius 2 is 2.14 bits per heavy atom. The lowest BCUT2D eigenvalue weighted by Crippen LogP contribution is -2.46. The van der Waals surface area contributed by atoms with Crippen LogP contribution in [-0.4, -0.2) is 29.9 Å². The molecule has 0 aliphatic heterocycles. The molecule has 0 heterocycles. The van der Waals surface area contributed by atoms with Crippen LogP contribution >= 0.6 is 0 Å². The molecule has 1 aliphatic carbocycles. The van der Waals surface area contributed by atoms with Crippen molar-refractivity contribution in [1.82, 2.24) is 4.90 Å². The number of amides is 1. The average Bonchev–Trinajstić information content (AvgIpc) is 2.98. The van der Waals surface area contributed by atoms with Gasteiger partial charge >= 0.3 is 0 Å². The molecule has 1 unspecified atom stereocenters. The third kappa shape index (κ3) is 2.71. The number of rotatable bonds is 5. The first-order valence-corrected chi connectivity index (χ1v) is 5.60. The fourth-order valence-electron chi connectivity index (χ4n) is 1.79. The van der Waals surface area contributed by atoms with E-state index in [1.165, 1.54) is 12.8 Å². The molecule has 0 saturated heterocycles. The lowest BCUT2D eigenvalue weighted by molar-refractivity contribution is -0.133. The lowest BCUT2D eigenvalue weighted by atomic mass is 10.1. The molecular weight excluding hydrogens is 176 g/mol. The Hall–Kier alpha value is -0.570. The van der Waals surface area contributed by atoms with Gasteiger partial charge in [-0.1, -0.05) is 13.3 Å². The van der Waals surface area contributed by atoms with Crippen LogP contribution in [0, 0.1) is 5.92 Å². The number of carbonyl (C=O) groups is 1. The molecule has 3 nitrogen and oxygen atoms in total. The second-order valence-corrected chi connectivity index (χ2v) is 4.42. The maximum absolute atomic E-state index is 11.8. The highest BCUT2D eigenvalue weighted by atomic mass is 16.2. The van der Waals surface area contributed by atoms with Crippen molar-refractivity contribution in [3.8, 4) is 0 Å². The van der Waals surface area contributed by atoms with Gasteiger partial charge in [-0.05, 0) is 32.1 Å². The van der Waals surface area contributed by atoms with E-state index >= 15 is 0 Å². The van der Waals surface area contributed by atoms with E-state index in [0.29, 0.717) is 6.04 Å². The van der Waals surface area contributed by atoms with Crippen LogP contribution in [0.1, 0.15) is 39.5 Å². The van der Waals surface area contributed by atoms with E-state index in [4.69, 9.17) is 5.73 Å². The van der Waals surface area contributed by atoms with E-state index in [1.807, 2.05) is 11.9 Å². The SMILES string of the molecule is CCC[C@H](N)C(=O)N(C)C(C)C1CC1. The predicted molar refractivity (Wildman–Crippen MR) is 57.8 cm³/mol. The third-order valence-corrected chi connectivity index (χ3v) is 3.18. The van der Waals surface area contributed by atoms with Crippen LogP contribution in [0.4, 0.5) is 0 Å². The number of likely N-dealkylation sites (N-methyl/N-ethyl adjacent to an activating group) is 1. The van der Waals surface area contributed by atoms with Crippen molar-refractivity contribution in [3.63, 3.8) is 0 Å². The molecule has 1 fully saturated rings. The molecule has 0 radical (unpaired) electrons. The summed E-state index contributed by atoms with van der Waals surface area (Å²) in [7, 11) is 1.88. The van der Waals surface area contributed by atoms with Gasteiger partial charge in [0, 0.05) is 13.1 Å². The van der Waals surface area contributed by atoms with E-state index in [-0.39, 0.29) is 11.9 Å². The van der Waals surface area contributed by atoms with Gasteiger partial charge in [0.1, 0.15) is 0 Å². The molecule has 0 aromatic heterocycles. The normalized spacial score (nSPS) is 20.3. The van der Waals surface area contributed by atoms with Crippen molar-refractivity contribution >= 4 is 5.91 Å². The second-order valence-electron chi connectivity index (χ2n) is 4.42. The van der Waals surface area contributed by atoms with Crippen molar-refractivity contribution < 1.29 is 4.79 Å². The van der Waals surface area contributed by atoms with Crippen molar-refractivity contribution in [2.75, 3.05) is 7.05 Å². The highest BCUT2D eigenvalue weighted by molar-refractivity contribution is 5.81. The van der Waals surface area contributed by atoms with Gasteiger partial charge in [0.05, 0.1) is 6.04 Å². The van der Waals surface area contributed by atoms with Gasteiger partial charge in [-0.15, -0.1) is 0 Å². The van der Waals surface area contributed by atoms with Crippen molar-refractivity contribution in [2.24, 2.45) is 11.7 Å². The van der Waals surface area contributed by atoms with E-state index in [1.54, 1.807) is 0 Å². The Kier molecular flexibility index (Phi) is 3.93. The molecule has 14 heavy (non-hydrogen) atoms. The number of carbonyl (C=O) groups excluding carboxylic acids is 1. The van der Waals surface area contributed by atoms with Gasteiger partial charge in [0.2, 0.25) is 5.91 Å². The van der Waals surface area contributed by atoms with E-state index in [9.17, 15) is 4.79 Å². The molecule has 0 aromatic carbocycles. The molecule has 2 atom stereocenters. The molecule has 0 bridgehead atoms. The zero-order chi connectivity index (χ0) is 10.7. The van der Waals surface area contributed by atoms with Crippen LogP contribution in [0.15, 0.2) is 0 Å². The zero-order valence-electron chi connectivity index (χ0n) is 9.49. The van der Waals surface area contributed by atoms with Crippen LogP contribution in [-0.2, 0) is 4.79 Å². The summed E-state index contributed by atoms with van der Waals surface area (Å²) in [5, 5.41) is 0. The summed E-state index contributed by atoms with van der Waals surface area (Å²) in [6, 6.07) is 0.0663. The molecule has 0 spiro atoms. The molecule has 0 aromatic rings. The lowest BCUT2D eigenvalue weighted by Gasteiger charge is -2.27. The minimum Gasteiger partial charge on any atom is -0.341 e. The standard InChI is InChI=1S/C11H22N2O/c1-4-5-10(12)11(14)13(3)8(2)9-6-7-9/h8-10H,4-7,12H2,1-3H3/t8?,10-/m0/s1. The summed E-state index contributed by atoms with van der Waals surface area (Å²) in [6.07, 6.45) is 4.29. The van der Waals surface area contributed by atoms with Gasteiger partial charge in [0.25, 0.3) is 0 Å². The van der Waals surface area contributed by atoms with Gasteiger partial charge in [-0.3, -0.25) is 4.79 Å². The minimum absolute atomic E-state index is 0.103. The fraction of sp³-hybridized carbons (Fsp3) is 0.909. The van der Waals surface area contributed by atoms with Gasteiger partial charge in [0.15, 0.2) is 0 Å². The highest BCUT2D eigenvalue weighted by Crippen LogP contribution is 2.34. The molecule has 82 valence electrons. The Labute approximate surface area is 86.6 Å². The van der Waals surface area contributed by atoms with Gasteiger partial charge in [-0.25, -0.2) is 0 Å². The van der Waals surface area contributed by atoms with E-state index < -0.39 is 0 Å².